The molecule has 9 atom stereocenters. The molecule has 1 aliphatic rings. The lowest BCUT2D eigenvalue weighted by Crippen LogP contribution is -2.60. The molecule has 0 radical (unpaired) electrons. The number of unbranched alkanes of at least 4 members (excludes halogenated alkanes) is 1. The van der Waals surface area contributed by atoms with Crippen LogP contribution in [0.1, 0.15) is 122 Å². The van der Waals surface area contributed by atoms with Crippen LogP contribution in [-0.2, 0) is 75.3 Å². The summed E-state index contributed by atoms with van der Waals surface area (Å²) in [5.74, 6) is -12.9. The van der Waals surface area contributed by atoms with Gasteiger partial charge < -0.3 is 116 Å². The van der Waals surface area contributed by atoms with Crippen LogP contribution in [0.2, 0.25) is 0 Å². The molecule has 11 amide bonds. The minimum Gasteiger partial charge on any atom is -0.497 e. The topological polar surface area (TPSA) is 695 Å². The molecule has 44 heteroatoms. The number of fused-ring (bicyclic) bond motifs is 1. The van der Waals surface area contributed by atoms with Crippen LogP contribution < -0.4 is 102 Å². The van der Waals surface area contributed by atoms with Crippen molar-refractivity contribution >= 4 is 117 Å². The fourth-order valence-electron chi connectivity index (χ4n) is 12.3. The first-order valence-corrected chi connectivity index (χ1v) is 37.7. The van der Waals surface area contributed by atoms with Crippen LogP contribution in [0.25, 0.3) is 11.0 Å². The molecular formula is C73H105N23O21. The van der Waals surface area contributed by atoms with Gasteiger partial charge in [-0.3, -0.25) is 94.0 Å². The van der Waals surface area contributed by atoms with Gasteiger partial charge in [-0.05, 0) is 126 Å². The number of anilines is 1. The van der Waals surface area contributed by atoms with E-state index in [1.54, 1.807) is 26.0 Å². The lowest BCUT2D eigenvalue weighted by atomic mass is 10.0. The molecule has 0 bridgehead atoms. The summed E-state index contributed by atoms with van der Waals surface area (Å²) >= 11 is 0. The lowest BCUT2D eigenvalue weighted by Gasteiger charge is -2.30. The zero-order valence-corrected chi connectivity index (χ0v) is 65.2. The highest BCUT2D eigenvalue weighted by Crippen LogP contribution is 2.30. The maximum absolute atomic E-state index is 14.8. The van der Waals surface area contributed by atoms with Gasteiger partial charge in [0.05, 0.1) is 42.6 Å². The molecule has 1 aliphatic heterocycles. The van der Waals surface area contributed by atoms with Crippen molar-refractivity contribution in [2.75, 3.05) is 58.3 Å². The van der Waals surface area contributed by atoms with Gasteiger partial charge in [-0.15, -0.1) is 0 Å². The Morgan fingerprint density at radius 2 is 1.17 bits per heavy atom. The van der Waals surface area contributed by atoms with Crippen molar-refractivity contribution in [1.82, 2.24) is 68.7 Å². The van der Waals surface area contributed by atoms with Crippen LogP contribution >= 0.6 is 0 Å². The molecule has 1 aromatic heterocycles. The zero-order valence-electron chi connectivity index (χ0n) is 65.2. The number of amides is 11. The molecule has 2 heterocycles. The molecule has 5 rings (SSSR count). The molecule has 0 spiro atoms. The van der Waals surface area contributed by atoms with Gasteiger partial charge in [0.1, 0.15) is 71.4 Å². The van der Waals surface area contributed by atoms with E-state index in [0.717, 1.165) is 30.7 Å². The smallest absolute Gasteiger partial charge is 0.336 e. The number of hydrogen-bond donors (Lipinski definition) is 21. The van der Waals surface area contributed by atoms with Crippen LogP contribution in [0.4, 0.5) is 17.1 Å². The maximum atomic E-state index is 14.8. The second-order valence-electron chi connectivity index (χ2n) is 27.9. The average Bonchev–Trinajstić information content (AvgIpc) is 1.63. The number of guanidine groups is 3. The lowest BCUT2D eigenvalue weighted by molar-refractivity contribution is -0.393. The Morgan fingerprint density at radius 1 is 0.607 bits per heavy atom. The maximum Gasteiger partial charge on any atom is 0.336 e. The minimum atomic E-state index is -1.89. The van der Waals surface area contributed by atoms with E-state index in [1.807, 2.05) is 30.3 Å². The highest BCUT2D eigenvalue weighted by Gasteiger charge is 2.40. The number of carbonyl (C=O) groups excluding carboxylic acids is 11. The Balaban J connectivity index is 1.39. The Bertz CT molecular complexity index is 4260. The summed E-state index contributed by atoms with van der Waals surface area (Å²) in [5.41, 5.74) is 20.4. The van der Waals surface area contributed by atoms with Gasteiger partial charge in [0.2, 0.25) is 65.0 Å². The number of nitro groups is 2. The number of primary amides is 1. The molecule has 638 valence electrons. The van der Waals surface area contributed by atoms with Crippen LogP contribution in [0.15, 0.2) is 82.0 Å². The predicted molar refractivity (Wildman–Crippen MR) is 423 cm³/mol. The van der Waals surface area contributed by atoms with E-state index >= 15 is 0 Å². The van der Waals surface area contributed by atoms with E-state index in [9.17, 15) is 87.7 Å². The molecule has 1 saturated heterocycles. The second-order valence-corrected chi connectivity index (χ2v) is 27.9. The van der Waals surface area contributed by atoms with Crippen molar-refractivity contribution in [2.24, 2.45) is 28.9 Å². The van der Waals surface area contributed by atoms with Crippen LogP contribution in [0.5, 0.6) is 5.75 Å². The molecule has 117 heavy (non-hydrogen) atoms. The number of methoxy groups -OCH3 is 1. The van der Waals surface area contributed by atoms with Gasteiger partial charge in [-0.2, -0.15) is 0 Å². The number of likely N-dealkylation sites (tertiary alicyclic amines) is 1. The van der Waals surface area contributed by atoms with Crippen molar-refractivity contribution in [3.63, 3.8) is 0 Å². The van der Waals surface area contributed by atoms with E-state index in [4.69, 9.17) is 53.1 Å². The molecule has 1 unspecified atom stereocenters. The number of benzene rings is 3. The highest BCUT2D eigenvalue weighted by molar-refractivity contribution is 5.99. The van der Waals surface area contributed by atoms with E-state index in [1.165, 1.54) is 18.1 Å². The summed E-state index contributed by atoms with van der Waals surface area (Å²) in [6.07, 6.45) is -0.929. The number of carbonyl (C=O) groups is 12. The summed E-state index contributed by atoms with van der Waals surface area (Å²) in [6.45, 7) is 3.63. The fourth-order valence-corrected chi connectivity index (χ4v) is 12.3. The number of non-ortho nitro benzene ring substituents is 1. The molecule has 44 nitrogen and oxygen atoms in total. The summed E-state index contributed by atoms with van der Waals surface area (Å²) in [7, 11) is 1.42. The number of rotatable bonds is 51. The number of nitrogens with two attached hydrogens (primary N) is 4. The van der Waals surface area contributed by atoms with Gasteiger partial charge >= 0.3 is 11.6 Å². The molecule has 0 saturated carbocycles. The van der Waals surface area contributed by atoms with Crippen molar-refractivity contribution in [3.8, 4) is 5.75 Å². The Kier molecular flexibility index (Phi) is 38.7. The van der Waals surface area contributed by atoms with E-state index in [-0.39, 0.29) is 145 Å². The third-order valence-electron chi connectivity index (χ3n) is 18.2. The number of nitrogens with one attached hydrogen (secondary N) is 16. The van der Waals surface area contributed by atoms with Gasteiger partial charge in [-0.1, -0.05) is 44.2 Å². The Labute approximate surface area is 671 Å². The van der Waals surface area contributed by atoms with E-state index < -0.39 is 190 Å². The molecular weight excluding hydrogens is 1530 g/mol. The predicted octanol–water partition coefficient (Wildman–Crippen LogP) is -2.15. The second kappa shape index (κ2) is 48.0. The number of carboxylic acids is 1. The van der Waals surface area contributed by atoms with Gasteiger partial charge in [0.15, 0.2) is 17.9 Å². The fraction of sp³-hybridized carbons (Fsp3) is 0.507. The summed E-state index contributed by atoms with van der Waals surface area (Å²) < 4.78 is 16.4. The minimum absolute atomic E-state index is 0.00195. The first-order chi connectivity index (χ1) is 55.5. The third-order valence-corrected chi connectivity index (χ3v) is 18.2. The number of ether oxygens (including phenoxy) is 2. The van der Waals surface area contributed by atoms with E-state index in [0.29, 0.717) is 23.6 Å². The number of hydrogen-bond acceptors (Lipinski definition) is 24. The summed E-state index contributed by atoms with van der Waals surface area (Å²) in [4.78, 5) is 203. The number of aliphatic carboxylic acids is 1. The standard InChI is InChI=1S/C73H105N23O21/c1-40(2)32-53(92-69(109)55-20-13-30-94(55)70(110)52(19-12-29-83-73(79)80)88-58(97)33-43-34-61(101)117-57-36-45(115-4)22-23-46(43)57)64(104)85-38-59(98)87-49(16-8-9-31-116-39-42-14-6-5-7-15-42)65(105)93-54(37-84-47-24-21-44(95(111)112)35-56(47)96(113)114)68(108)86-41(3)63(103)90-50(18-11-28-82-72(77)78)66(106)91-51(25-26-60(99)100)67(107)89-48(62(74)102)17-10-27-81-71(75)76/h5-7,14-15,21-24,34-36,40-41,48-55,84H,8-13,16-20,25-33,37-39H2,1-4H3,(H2,74,102)(H,85,104)(H,86,108)(H,87,98)(H,88,97)(H,89,107)(H,90,103)(H,91,106)(H,92,109)(H,93,105)(H,99,100)(H4,75,76,81)(H4,77,78,82)(H4,79,80,83)/t41-,48+,49-,50+,51-,52-,53-,54?,55+/m0/s1. The van der Waals surface area contributed by atoms with Gasteiger partial charge in [0, 0.05) is 69.3 Å². The monoisotopic (exact) mass is 1640 g/mol. The van der Waals surface area contributed by atoms with Crippen molar-refractivity contribution in [2.45, 2.75) is 178 Å². The largest absolute Gasteiger partial charge is 0.497 e. The first-order valence-electron chi connectivity index (χ1n) is 37.7. The number of carboxylic acid groups (broad SMARTS) is 1. The Hall–Kier alpha value is -13.3. The first kappa shape index (κ1) is 94.3. The van der Waals surface area contributed by atoms with Crippen LogP contribution in [-0.4, -0.2) is 216 Å². The number of nitrogens with zero attached hydrogens (tertiary/aromatic N) is 3. The highest BCUT2D eigenvalue weighted by atomic mass is 16.6. The third kappa shape index (κ3) is 33.0. The van der Waals surface area contributed by atoms with Crippen LogP contribution in [0, 0.1) is 42.4 Å². The summed E-state index contributed by atoms with van der Waals surface area (Å²) in [5, 5.41) is 89.5. The van der Waals surface area contributed by atoms with E-state index in [2.05, 4.69) is 69.1 Å². The molecule has 25 N–H and O–H groups in total. The normalized spacial score (nSPS) is 14.3. The molecule has 1 fully saturated rings. The quantitative estimate of drug-likeness (QED) is 0.00560. The van der Waals surface area contributed by atoms with Gasteiger partial charge in [0.25, 0.3) is 11.4 Å². The van der Waals surface area contributed by atoms with Crippen molar-refractivity contribution < 1.29 is 86.4 Å². The zero-order chi connectivity index (χ0) is 86.4. The average molecular weight is 1640 g/mol. The van der Waals surface area contributed by atoms with Crippen molar-refractivity contribution in [3.05, 3.63) is 115 Å². The molecule has 3 aromatic carbocycles. The number of nitro benzene ring substituents is 2. The van der Waals surface area contributed by atoms with Crippen molar-refractivity contribution in [1.29, 1.82) is 16.2 Å². The molecule has 0 aliphatic carbocycles. The molecule has 4 aromatic rings. The van der Waals surface area contributed by atoms with Crippen LogP contribution in [0.3, 0.4) is 0 Å². The van der Waals surface area contributed by atoms with Gasteiger partial charge in [-0.25, -0.2) is 4.79 Å². The SMILES string of the molecule is COc1ccc2c(CC(=O)N[C@@H](CCCNC(=N)N)C(=O)N3CCC[C@@H]3C(=O)N[C@@H](CC(C)C)C(=O)NCC(=O)N[C@@H](CCCCOCc3ccccc3)C(=O)NC(CNc3ccc([N+](=O)[O-])cc3[N+](=O)[O-])C(=O)N[C@@H](C)C(=O)N[C@H](CCCNC(=N)N)C(=O)N[C@@H](CCC(=O)O)C(=O)N[C@H](CCCNC(=N)N)C(N)=O)cc(=O)oc2c1. The Morgan fingerprint density at radius 3 is 1.76 bits per heavy atom. The summed E-state index contributed by atoms with van der Waals surface area (Å²) in [6, 6.07) is 3.93.